The SMILES string of the molecule is CCOCCCNC(=O)CNC(=O)c1cccc(-c2cc(F)ccc2OC)c1. The van der Waals surface area contributed by atoms with E-state index in [9.17, 15) is 14.0 Å². The molecule has 0 aliphatic carbocycles. The van der Waals surface area contributed by atoms with Gasteiger partial charge in [-0.2, -0.15) is 0 Å². The van der Waals surface area contributed by atoms with Gasteiger partial charge in [-0.3, -0.25) is 9.59 Å². The molecule has 0 saturated carbocycles. The van der Waals surface area contributed by atoms with Gasteiger partial charge in [-0.1, -0.05) is 12.1 Å². The Kier molecular flexibility index (Phi) is 8.42. The van der Waals surface area contributed by atoms with Crippen molar-refractivity contribution in [2.24, 2.45) is 0 Å². The van der Waals surface area contributed by atoms with E-state index >= 15 is 0 Å². The Labute approximate surface area is 164 Å². The third-order valence-electron chi connectivity index (χ3n) is 4.00. The molecular weight excluding hydrogens is 363 g/mol. The summed E-state index contributed by atoms with van der Waals surface area (Å²) >= 11 is 0. The van der Waals surface area contributed by atoms with Crippen LogP contribution in [0.4, 0.5) is 4.39 Å². The van der Waals surface area contributed by atoms with Crippen LogP contribution in [0.15, 0.2) is 42.5 Å². The second-order valence-electron chi connectivity index (χ2n) is 6.01. The number of amides is 2. The van der Waals surface area contributed by atoms with Crippen molar-refractivity contribution in [1.82, 2.24) is 10.6 Å². The number of benzene rings is 2. The minimum Gasteiger partial charge on any atom is -0.496 e. The number of methoxy groups -OCH3 is 1. The lowest BCUT2D eigenvalue weighted by atomic mass is 10.0. The second-order valence-corrected chi connectivity index (χ2v) is 6.01. The summed E-state index contributed by atoms with van der Waals surface area (Å²) in [5.41, 5.74) is 1.56. The first-order valence-electron chi connectivity index (χ1n) is 9.11. The molecule has 0 aromatic heterocycles. The zero-order chi connectivity index (χ0) is 20.4. The second kappa shape index (κ2) is 11.0. The number of halogens is 1. The van der Waals surface area contributed by atoms with Gasteiger partial charge in [0.05, 0.1) is 13.7 Å². The number of carbonyl (C=O) groups is 2. The number of hydrogen-bond donors (Lipinski definition) is 2. The van der Waals surface area contributed by atoms with Gasteiger partial charge in [-0.05, 0) is 49.2 Å². The van der Waals surface area contributed by atoms with E-state index in [4.69, 9.17) is 9.47 Å². The maximum Gasteiger partial charge on any atom is 0.251 e. The molecule has 7 heteroatoms. The van der Waals surface area contributed by atoms with Crippen molar-refractivity contribution in [1.29, 1.82) is 0 Å². The molecule has 2 aromatic carbocycles. The fourth-order valence-corrected chi connectivity index (χ4v) is 2.61. The van der Waals surface area contributed by atoms with Gasteiger partial charge in [0.25, 0.3) is 5.91 Å². The summed E-state index contributed by atoms with van der Waals surface area (Å²) in [6.45, 7) is 3.50. The van der Waals surface area contributed by atoms with Crippen LogP contribution in [0.2, 0.25) is 0 Å². The van der Waals surface area contributed by atoms with Crippen molar-refractivity contribution in [3.8, 4) is 16.9 Å². The zero-order valence-electron chi connectivity index (χ0n) is 16.1. The Balaban J connectivity index is 1.95. The third kappa shape index (κ3) is 6.35. The summed E-state index contributed by atoms with van der Waals surface area (Å²) in [5.74, 6) is -0.550. The first-order chi connectivity index (χ1) is 13.5. The average molecular weight is 388 g/mol. The maximum atomic E-state index is 13.6. The van der Waals surface area contributed by atoms with E-state index in [2.05, 4.69) is 10.6 Å². The highest BCUT2D eigenvalue weighted by atomic mass is 19.1. The van der Waals surface area contributed by atoms with Gasteiger partial charge in [-0.15, -0.1) is 0 Å². The zero-order valence-corrected chi connectivity index (χ0v) is 16.1. The van der Waals surface area contributed by atoms with E-state index in [1.807, 2.05) is 6.92 Å². The van der Waals surface area contributed by atoms with E-state index in [1.165, 1.54) is 25.3 Å². The van der Waals surface area contributed by atoms with Gasteiger partial charge in [0.15, 0.2) is 0 Å². The largest absolute Gasteiger partial charge is 0.496 e. The smallest absolute Gasteiger partial charge is 0.251 e. The van der Waals surface area contributed by atoms with Crippen molar-refractivity contribution in [3.63, 3.8) is 0 Å². The lowest BCUT2D eigenvalue weighted by molar-refractivity contribution is -0.120. The van der Waals surface area contributed by atoms with Gasteiger partial charge in [0, 0.05) is 30.9 Å². The minimum absolute atomic E-state index is 0.124. The molecule has 0 heterocycles. The topological polar surface area (TPSA) is 76.7 Å². The Morgan fingerprint density at radius 1 is 1.11 bits per heavy atom. The van der Waals surface area contributed by atoms with Crippen LogP contribution in [-0.2, 0) is 9.53 Å². The Hall–Kier alpha value is -2.93. The lowest BCUT2D eigenvalue weighted by Crippen LogP contribution is -2.37. The van der Waals surface area contributed by atoms with Crippen molar-refractivity contribution in [2.45, 2.75) is 13.3 Å². The molecule has 28 heavy (non-hydrogen) atoms. The fraction of sp³-hybridized carbons (Fsp3) is 0.333. The molecule has 150 valence electrons. The molecule has 0 spiro atoms. The summed E-state index contributed by atoms with van der Waals surface area (Å²) < 4.78 is 24.1. The summed E-state index contributed by atoms with van der Waals surface area (Å²) in [7, 11) is 1.50. The minimum atomic E-state index is -0.397. The monoisotopic (exact) mass is 388 g/mol. The van der Waals surface area contributed by atoms with E-state index < -0.39 is 5.82 Å². The highest BCUT2D eigenvalue weighted by Crippen LogP contribution is 2.31. The van der Waals surface area contributed by atoms with Crippen molar-refractivity contribution >= 4 is 11.8 Å². The lowest BCUT2D eigenvalue weighted by Gasteiger charge is -2.11. The van der Waals surface area contributed by atoms with Gasteiger partial charge >= 0.3 is 0 Å². The highest BCUT2D eigenvalue weighted by molar-refractivity contribution is 5.97. The molecule has 6 nitrogen and oxygen atoms in total. The first-order valence-corrected chi connectivity index (χ1v) is 9.11. The standard InChI is InChI=1S/C21H25FN2O4/c1-3-28-11-5-10-23-20(25)14-24-21(26)16-7-4-6-15(12-16)18-13-17(22)8-9-19(18)27-2/h4,6-9,12-13H,3,5,10-11,14H2,1-2H3,(H,23,25)(H,24,26). The molecule has 0 unspecified atom stereocenters. The van der Waals surface area contributed by atoms with Crippen molar-refractivity contribution < 1.29 is 23.5 Å². The van der Waals surface area contributed by atoms with Crippen LogP contribution in [-0.4, -0.2) is 45.2 Å². The maximum absolute atomic E-state index is 13.6. The highest BCUT2D eigenvalue weighted by Gasteiger charge is 2.12. The molecule has 0 fully saturated rings. The fourth-order valence-electron chi connectivity index (χ4n) is 2.61. The number of carbonyl (C=O) groups excluding carboxylic acids is 2. The van der Waals surface area contributed by atoms with Crippen molar-refractivity contribution in [2.75, 3.05) is 33.4 Å². The number of nitrogens with one attached hydrogen (secondary N) is 2. The number of ether oxygens (including phenoxy) is 2. The van der Waals surface area contributed by atoms with Crippen LogP contribution in [0.25, 0.3) is 11.1 Å². The van der Waals surface area contributed by atoms with Crippen molar-refractivity contribution in [3.05, 3.63) is 53.8 Å². The van der Waals surface area contributed by atoms with Crippen LogP contribution in [0, 0.1) is 5.82 Å². The molecule has 0 saturated heterocycles. The van der Waals surface area contributed by atoms with E-state index in [0.29, 0.717) is 48.6 Å². The molecule has 0 aliphatic rings. The summed E-state index contributed by atoms with van der Waals surface area (Å²) in [5, 5.41) is 5.30. The van der Waals surface area contributed by atoms with Crippen LogP contribution < -0.4 is 15.4 Å². The molecule has 0 bridgehead atoms. The normalized spacial score (nSPS) is 10.4. The van der Waals surface area contributed by atoms with Crippen LogP contribution in [0.5, 0.6) is 5.75 Å². The van der Waals surface area contributed by atoms with Gasteiger partial charge in [-0.25, -0.2) is 4.39 Å². The molecule has 2 rings (SSSR count). The number of rotatable bonds is 10. The summed E-state index contributed by atoms with van der Waals surface area (Å²) in [4.78, 5) is 24.1. The van der Waals surface area contributed by atoms with E-state index in [-0.39, 0.29) is 18.4 Å². The Morgan fingerprint density at radius 2 is 1.93 bits per heavy atom. The molecule has 2 aromatic rings. The van der Waals surface area contributed by atoms with Crippen LogP contribution in [0.3, 0.4) is 0 Å². The summed E-state index contributed by atoms with van der Waals surface area (Å²) in [6, 6.07) is 10.9. The van der Waals surface area contributed by atoms with E-state index in [0.717, 1.165) is 0 Å². The molecule has 2 N–H and O–H groups in total. The van der Waals surface area contributed by atoms with Crippen LogP contribution >= 0.6 is 0 Å². The molecule has 0 aliphatic heterocycles. The third-order valence-corrected chi connectivity index (χ3v) is 4.00. The van der Waals surface area contributed by atoms with Gasteiger partial charge < -0.3 is 20.1 Å². The molecule has 0 radical (unpaired) electrons. The quantitative estimate of drug-likeness (QED) is 0.614. The average Bonchev–Trinajstić information content (AvgIpc) is 2.72. The predicted octanol–water partition coefficient (Wildman–Crippen LogP) is 2.77. The van der Waals surface area contributed by atoms with Gasteiger partial charge in [0.1, 0.15) is 11.6 Å². The van der Waals surface area contributed by atoms with Gasteiger partial charge in [0.2, 0.25) is 5.91 Å². The molecule has 2 amide bonds. The first kappa shape index (κ1) is 21.4. The van der Waals surface area contributed by atoms with Crippen LogP contribution in [0.1, 0.15) is 23.7 Å². The summed E-state index contributed by atoms with van der Waals surface area (Å²) in [6.07, 6.45) is 0.713. The predicted molar refractivity (Wildman–Crippen MR) is 105 cm³/mol. The van der Waals surface area contributed by atoms with E-state index in [1.54, 1.807) is 24.3 Å². The molecular formula is C21H25FN2O4. The Morgan fingerprint density at radius 3 is 2.68 bits per heavy atom. The number of hydrogen-bond acceptors (Lipinski definition) is 4. The Bertz CT molecular complexity index is 811. The molecule has 0 atom stereocenters.